The third-order valence-electron chi connectivity index (χ3n) is 7.48. The number of hydrogen-bond donors (Lipinski definition) is 0. The third-order valence-corrected chi connectivity index (χ3v) is 7.48. The summed E-state index contributed by atoms with van der Waals surface area (Å²) >= 11 is 0. The Morgan fingerprint density at radius 2 is 0.971 bits per heavy atom. The summed E-state index contributed by atoms with van der Waals surface area (Å²) in [5, 5.41) is 10.6. The van der Waals surface area contributed by atoms with Crippen molar-refractivity contribution >= 4 is 44.5 Å². The van der Waals surface area contributed by atoms with Gasteiger partial charge >= 0.3 is 0 Å². The van der Waals surface area contributed by atoms with Crippen molar-refractivity contribution in [2.45, 2.75) is 19.8 Å². The summed E-state index contributed by atoms with van der Waals surface area (Å²) in [7, 11) is 0. The Morgan fingerprint density at radius 1 is 0.457 bits per heavy atom. The van der Waals surface area contributed by atoms with Crippen LogP contribution in [0.1, 0.15) is 18.4 Å². The average Bonchev–Trinajstić information content (AvgIpc) is 2.91. The van der Waals surface area contributed by atoms with Crippen LogP contribution in [0.2, 0.25) is 0 Å². The van der Waals surface area contributed by atoms with Gasteiger partial charge in [-0.05, 0) is 96.9 Å². The lowest BCUT2D eigenvalue weighted by Crippen LogP contribution is -2.31. The van der Waals surface area contributed by atoms with Gasteiger partial charge in [-0.15, -0.1) is 0 Å². The number of aryl methyl sites for hydroxylation is 1. The van der Waals surface area contributed by atoms with Gasteiger partial charge in [0.15, 0.2) is 0 Å². The summed E-state index contributed by atoms with van der Waals surface area (Å²) in [6.07, 6.45) is 7.10. The van der Waals surface area contributed by atoms with Gasteiger partial charge in [-0.3, -0.25) is 0 Å². The molecule has 0 bridgehead atoms. The van der Waals surface area contributed by atoms with Crippen LogP contribution in [0.3, 0.4) is 0 Å². The Bertz CT molecular complexity index is 1900. The van der Waals surface area contributed by atoms with Gasteiger partial charge in [0.1, 0.15) is 0 Å². The van der Waals surface area contributed by atoms with E-state index in [0.29, 0.717) is 0 Å². The van der Waals surface area contributed by atoms with Crippen LogP contribution in [0.25, 0.3) is 66.7 Å². The quantitative estimate of drug-likeness (QED) is 0.252. The minimum atomic E-state index is 1.09. The first-order chi connectivity index (χ1) is 17.3. The predicted octanol–water partition coefficient (Wildman–Crippen LogP) is 8.14. The molecule has 0 unspecified atom stereocenters. The molecule has 0 fully saturated rings. The molecule has 0 heterocycles. The largest absolute Gasteiger partial charge is 0.0757 e. The molecule has 1 aliphatic carbocycles. The minimum absolute atomic E-state index is 1.09. The molecular formula is C35H26. The Labute approximate surface area is 205 Å². The zero-order valence-electron chi connectivity index (χ0n) is 19.9. The maximum absolute atomic E-state index is 2.46. The molecule has 0 radical (unpaired) electrons. The molecule has 0 aromatic heterocycles. The summed E-state index contributed by atoms with van der Waals surface area (Å²) < 4.78 is 0. The summed E-state index contributed by atoms with van der Waals surface area (Å²) in [6.45, 7) is 2.20. The van der Waals surface area contributed by atoms with Gasteiger partial charge in [-0.25, -0.2) is 0 Å². The molecule has 0 N–H and O–H groups in total. The first-order valence-corrected chi connectivity index (χ1v) is 12.5. The van der Waals surface area contributed by atoms with Crippen molar-refractivity contribution in [3.8, 4) is 22.3 Å². The van der Waals surface area contributed by atoms with E-state index in [1.165, 1.54) is 70.6 Å². The normalized spacial score (nSPS) is 12.9. The Kier molecular flexibility index (Phi) is 4.60. The van der Waals surface area contributed by atoms with E-state index in [0.717, 1.165) is 12.8 Å². The van der Waals surface area contributed by atoms with Gasteiger partial charge in [0.25, 0.3) is 0 Å². The fourth-order valence-electron chi connectivity index (χ4n) is 5.83. The Hall–Kier alpha value is -4.16. The van der Waals surface area contributed by atoms with Crippen LogP contribution < -0.4 is 10.4 Å². The summed E-state index contributed by atoms with van der Waals surface area (Å²) in [5.74, 6) is 0. The van der Waals surface area contributed by atoms with Crippen molar-refractivity contribution in [1.29, 1.82) is 0 Å². The van der Waals surface area contributed by atoms with E-state index in [1.807, 2.05) is 0 Å². The SMILES string of the molecule is Cc1ccc2c(-c3ccc4ccccc4c3)c3c(c(-c4ccc5ccccc5c4)c2c1)=CCCC=3. The monoisotopic (exact) mass is 446 g/mol. The summed E-state index contributed by atoms with van der Waals surface area (Å²) in [6, 6.07) is 38.2. The highest BCUT2D eigenvalue weighted by molar-refractivity contribution is 6.07. The van der Waals surface area contributed by atoms with Gasteiger partial charge in [-0.1, -0.05) is 109 Å². The van der Waals surface area contributed by atoms with Crippen molar-refractivity contribution in [1.82, 2.24) is 0 Å². The van der Waals surface area contributed by atoms with Gasteiger partial charge in [0, 0.05) is 0 Å². The first kappa shape index (κ1) is 20.2. The highest BCUT2D eigenvalue weighted by Gasteiger charge is 2.16. The lowest BCUT2D eigenvalue weighted by atomic mass is 9.85. The molecule has 7 rings (SSSR count). The number of rotatable bonds is 2. The molecule has 35 heavy (non-hydrogen) atoms. The highest BCUT2D eigenvalue weighted by atomic mass is 14.2. The molecule has 0 atom stereocenters. The van der Waals surface area contributed by atoms with Crippen molar-refractivity contribution < 1.29 is 0 Å². The molecule has 0 aliphatic heterocycles. The molecule has 0 saturated heterocycles. The van der Waals surface area contributed by atoms with E-state index in [1.54, 1.807) is 0 Å². The van der Waals surface area contributed by atoms with Crippen LogP contribution in [0.5, 0.6) is 0 Å². The molecule has 1 aliphatic rings. The molecule has 0 nitrogen and oxygen atoms in total. The second-order valence-corrected chi connectivity index (χ2v) is 9.74. The van der Waals surface area contributed by atoms with Crippen LogP contribution in [-0.2, 0) is 0 Å². The van der Waals surface area contributed by atoms with E-state index in [9.17, 15) is 0 Å². The zero-order chi connectivity index (χ0) is 23.4. The fourth-order valence-corrected chi connectivity index (χ4v) is 5.83. The average molecular weight is 447 g/mol. The zero-order valence-corrected chi connectivity index (χ0v) is 19.9. The number of hydrogen-bond acceptors (Lipinski definition) is 0. The fraction of sp³-hybridized carbons (Fsp3) is 0.0857. The van der Waals surface area contributed by atoms with Crippen LogP contribution >= 0.6 is 0 Å². The smallest absolute Gasteiger partial charge is 0.00294 e. The van der Waals surface area contributed by atoms with Crippen molar-refractivity contribution in [2.24, 2.45) is 0 Å². The Morgan fingerprint density at radius 3 is 1.54 bits per heavy atom. The van der Waals surface area contributed by atoms with Crippen LogP contribution in [0, 0.1) is 6.92 Å². The van der Waals surface area contributed by atoms with Crippen molar-refractivity contribution in [3.05, 3.63) is 119 Å². The lowest BCUT2D eigenvalue weighted by Gasteiger charge is -2.18. The van der Waals surface area contributed by atoms with Crippen LogP contribution in [0.4, 0.5) is 0 Å². The topological polar surface area (TPSA) is 0 Å². The Balaban J connectivity index is 1.63. The molecular weight excluding hydrogens is 420 g/mol. The van der Waals surface area contributed by atoms with Gasteiger partial charge in [0.05, 0.1) is 0 Å². The van der Waals surface area contributed by atoms with E-state index < -0.39 is 0 Å². The summed E-state index contributed by atoms with van der Waals surface area (Å²) in [4.78, 5) is 0. The van der Waals surface area contributed by atoms with Crippen molar-refractivity contribution in [3.63, 3.8) is 0 Å². The molecule has 166 valence electrons. The maximum atomic E-state index is 2.46. The van der Waals surface area contributed by atoms with Crippen LogP contribution in [-0.4, -0.2) is 0 Å². The maximum Gasteiger partial charge on any atom is -0.00294 e. The van der Waals surface area contributed by atoms with Crippen LogP contribution in [0.15, 0.2) is 103 Å². The predicted molar refractivity (Wildman–Crippen MR) is 152 cm³/mol. The number of benzene rings is 6. The second kappa shape index (κ2) is 7.96. The molecule has 6 aromatic carbocycles. The molecule has 0 saturated carbocycles. The molecule has 0 heteroatoms. The van der Waals surface area contributed by atoms with E-state index in [-0.39, 0.29) is 0 Å². The second-order valence-electron chi connectivity index (χ2n) is 9.74. The highest BCUT2D eigenvalue weighted by Crippen LogP contribution is 2.34. The third kappa shape index (κ3) is 3.29. The van der Waals surface area contributed by atoms with Gasteiger partial charge < -0.3 is 0 Å². The van der Waals surface area contributed by atoms with Gasteiger partial charge in [0.2, 0.25) is 0 Å². The van der Waals surface area contributed by atoms with E-state index >= 15 is 0 Å². The number of fused-ring (bicyclic) bond motifs is 4. The molecule has 0 spiro atoms. The minimum Gasteiger partial charge on any atom is -0.0757 e. The first-order valence-electron chi connectivity index (χ1n) is 12.5. The van der Waals surface area contributed by atoms with Crippen molar-refractivity contribution in [2.75, 3.05) is 0 Å². The molecule has 0 amide bonds. The van der Waals surface area contributed by atoms with E-state index in [4.69, 9.17) is 0 Å². The standard InChI is InChI=1S/C35H26/c1-23-14-19-32-33(20-23)35(29-18-16-25-9-3-5-11-27(25)22-29)31-13-7-6-12-30(31)34(32)28-17-15-24-8-2-4-10-26(24)21-28/h2-5,8-22H,6-7H2,1H3. The summed E-state index contributed by atoms with van der Waals surface area (Å²) in [5.41, 5.74) is 6.62. The lowest BCUT2D eigenvalue weighted by molar-refractivity contribution is 1.12. The van der Waals surface area contributed by atoms with Gasteiger partial charge in [-0.2, -0.15) is 0 Å². The van der Waals surface area contributed by atoms with E-state index in [2.05, 4.69) is 122 Å². The molecule has 6 aromatic rings.